The van der Waals surface area contributed by atoms with E-state index >= 15 is 0 Å². The molecule has 0 N–H and O–H groups in total. The van der Waals surface area contributed by atoms with E-state index in [2.05, 4.69) is 51.5 Å². The number of anilines is 1. The normalized spacial score (nSPS) is 14.6. The summed E-state index contributed by atoms with van der Waals surface area (Å²) < 4.78 is 0. The van der Waals surface area contributed by atoms with Crippen molar-refractivity contribution in [1.29, 1.82) is 0 Å². The molecule has 1 aliphatic heterocycles. The number of tetrazole rings is 1. The van der Waals surface area contributed by atoms with Gasteiger partial charge in [0.2, 0.25) is 11.7 Å². The minimum absolute atomic E-state index is 0.212. The maximum atomic E-state index is 12.7. The van der Waals surface area contributed by atoms with E-state index in [4.69, 9.17) is 0 Å². The minimum atomic E-state index is 0.212. The molecule has 4 rings (SSSR count). The molecule has 1 aromatic heterocycles. The first kappa shape index (κ1) is 20.1. The van der Waals surface area contributed by atoms with Crippen LogP contribution in [-0.4, -0.2) is 57.2 Å². The molecule has 0 unspecified atom stereocenters. The predicted octanol–water partition coefficient (Wildman–Crippen LogP) is 3.17. The number of rotatable bonds is 6. The topological polar surface area (TPSA) is 67.2 Å². The summed E-state index contributed by atoms with van der Waals surface area (Å²) >= 11 is 0. The zero-order valence-corrected chi connectivity index (χ0v) is 17.4. The molecule has 3 aromatic rings. The first-order valence-corrected chi connectivity index (χ1v) is 10.6. The van der Waals surface area contributed by atoms with Gasteiger partial charge in [-0.2, -0.15) is 4.80 Å². The Bertz CT molecular complexity index is 953. The molecule has 7 heteroatoms. The lowest BCUT2D eigenvalue weighted by Gasteiger charge is -2.24. The van der Waals surface area contributed by atoms with E-state index < -0.39 is 0 Å². The van der Waals surface area contributed by atoms with E-state index in [0.29, 0.717) is 25.2 Å². The van der Waals surface area contributed by atoms with Crippen LogP contribution in [0.25, 0.3) is 11.4 Å². The monoisotopic (exact) mass is 404 g/mol. The zero-order valence-electron chi connectivity index (χ0n) is 17.4. The second-order valence-electron chi connectivity index (χ2n) is 7.74. The summed E-state index contributed by atoms with van der Waals surface area (Å²) in [6.07, 6.45) is 2.21. The van der Waals surface area contributed by atoms with Gasteiger partial charge in [0.1, 0.15) is 0 Å². The van der Waals surface area contributed by atoms with Crippen molar-refractivity contribution in [3.05, 3.63) is 60.2 Å². The van der Waals surface area contributed by atoms with Gasteiger partial charge in [-0.15, -0.1) is 10.2 Å². The van der Waals surface area contributed by atoms with Gasteiger partial charge in [-0.1, -0.05) is 48.0 Å². The number of aromatic nitrogens is 4. The van der Waals surface area contributed by atoms with Crippen molar-refractivity contribution in [2.24, 2.45) is 0 Å². The molecule has 1 saturated heterocycles. The van der Waals surface area contributed by atoms with Crippen molar-refractivity contribution in [3.8, 4) is 11.4 Å². The highest BCUT2D eigenvalue weighted by Gasteiger charge is 2.19. The first-order valence-electron chi connectivity index (χ1n) is 10.6. The summed E-state index contributed by atoms with van der Waals surface area (Å²) in [5, 5.41) is 12.6. The highest BCUT2D eigenvalue weighted by molar-refractivity contribution is 5.76. The lowest BCUT2D eigenvalue weighted by molar-refractivity contribution is -0.131. The van der Waals surface area contributed by atoms with Crippen LogP contribution in [0.3, 0.4) is 0 Å². The number of hydrogen-bond acceptors (Lipinski definition) is 5. The van der Waals surface area contributed by atoms with Gasteiger partial charge in [-0.05, 0) is 37.1 Å². The second kappa shape index (κ2) is 9.52. The number of benzene rings is 2. The van der Waals surface area contributed by atoms with Crippen LogP contribution in [0.1, 0.15) is 24.8 Å². The molecule has 1 amide bonds. The summed E-state index contributed by atoms with van der Waals surface area (Å²) in [4.78, 5) is 18.6. The lowest BCUT2D eigenvalue weighted by atomic mass is 10.2. The molecule has 0 atom stereocenters. The van der Waals surface area contributed by atoms with Crippen LogP contribution < -0.4 is 4.90 Å². The first-order chi connectivity index (χ1) is 14.7. The fourth-order valence-electron chi connectivity index (χ4n) is 3.75. The van der Waals surface area contributed by atoms with Gasteiger partial charge in [-0.3, -0.25) is 4.79 Å². The SMILES string of the molecule is Cc1ccc(N2CCCN(C(=O)CCCn3nnc(-c4ccccc4)n3)CC2)cc1. The Morgan fingerprint density at radius 2 is 1.77 bits per heavy atom. The van der Waals surface area contributed by atoms with Crippen LogP contribution in [0.5, 0.6) is 0 Å². The molecule has 7 nitrogen and oxygen atoms in total. The van der Waals surface area contributed by atoms with E-state index in [1.807, 2.05) is 35.2 Å². The fourth-order valence-corrected chi connectivity index (χ4v) is 3.75. The Labute approximate surface area is 177 Å². The predicted molar refractivity (Wildman–Crippen MR) is 117 cm³/mol. The molecule has 0 radical (unpaired) electrons. The summed E-state index contributed by atoms with van der Waals surface area (Å²) in [7, 11) is 0. The van der Waals surface area contributed by atoms with Gasteiger partial charge in [0.25, 0.3) is 0 Å². The fraction of sp³-hybridized carbons (Fsp3) is 0.391. The average Bonchev–Trinajstić information content (AvgIpc) is 3.11. The summed E-state index contributed by atoms with van der Waals surface area (Å²) in [5.41, 5.74) is 3.45. The Kier molecular flexibility index (Phi) is 6.37. The van der Waals surface area contributed by atoms with Crippen LogP contribution in [0, 0.1) is 6.92 Å². The highest BCUT2D eigenvalue weighted by Crippen LogP contribution is 2.18. The Hall–Kier alpha value is -3.22. The molecule has 30 heavy (non-hydrogen) atoms. The highest BCUT2D eigenvalue weighted by atomic mass is 16.2. The van der Waals surface area contributed by atoms with Gasteiger partial charge in [0, 0.05) is 43.9 Å². The van der Waals surface area contributed by atoms with Crippen LogP contribution in [0.4, 0.5) is 5.69 Å². The minimum Gasteiger partial charge on any atom is -0.370 e. The van der Waals surface area contributed by atoms with Gasteiger partial charge in [0.05, 0.1) is 6.54 Å². The number of nitrogens with zero attached hydrogens (tertiary/aromatic N) is 6. The zero-order chi connectivity index (χ0) is 20.8. The molecular formula is C23H28N6O. The molecule has 0 bridgehead atoms. The van der Waals surface area contributed by atoms with Crippen LogP contribution >= 0.6 is 0 Å². The smallest absolute Gasteiger partial charge is 0.222 e. The standard InChI is InChI=1S/C23H28N6O/c1-19-10-12-21(13-11-19)27-14-6-15-28(18-17-27)22(30)9-5-16-29-25-23(24-26-29)20-7-3-2-4-8-20/h2-4,7-8,10-13H,5-6,9,14-18H2,1H3. The lowest BCUT2D eigenvalue weighted by Crippen LogP contribution is -2.35. The number of carbonyl (C=O) groups excluding carboxylic acids is 1. The van der Waals surface area contributed by atoms with Crippen molar-refractivity contribution in [2.45, 2.75) is 32.7 Å². The number of aryl methyl sites for hydroxylation is 2. The third-order valence-electron chi connectivity index (χ3n) is 5.48. The van der Waals surface area contributed by atoms with E-state index in [9.17, 15) is 4.79 Å². The summed E-state index contributed by atoms with van der Waals surface area (Å²) in [5.74, 6) is 0.829. The van der Waals surface area contributed by atoms with Gasteiger partial charge < -0.3 is 9.80 Å². The molecule has 1 fully saturated rings. The number of amides is 1. The van der Waals surface area contributed by atoms with Crippen molar-refractivity contribution in [2.75, 3.05) is 31.1 Å². The number of hydrogen-bond donors (Lipinski definition) is 0. The largest absolute Gasteiger partial charge is 0.370 e. The van der Waals surface area contributed by atoms with Gasteiger partial charge in [-0.25, -0.2) is 0 Å². The molecule has 1 aliphatic rings. The molecule has 0 spiro atoms. The molecular weight excluding hydrogens is 376 g/mol. The second-order valence-corrected chi connectivity index (χ2v) is 7.74. The Morgan fingerprint density at radius 3 is 2.57 bits per heavy atom. The van der Waals surface area contributed by atoms with Crippen LogP contribution in [0.2, 0.25) is 0 Å². The van der Waals surface area contributed by atoms with E-state index in [1.165, 1.54) is 11.3 Å². The third kappa shape index (κ3) is 5.03. The van der Waals surface area contributed by atoms with Crippen molar-refractivity contribution in [3.63, 3.8) is 0 Å². The van der Waals surface area contributed by atoms with Crippen LogP contribution in [0.15, 0.2) is 54.6 Å². The van der Waals surface area contributed by atoms with E-state index in [0.717, 1.165) is 38.2 Å². The molecule has 0 aliphatic carbocycles. The Morgan fingerprint density at radius 1 is 0.967 bits per heavy atom. The van der Waals surface area contributed by atoms with Crippen molar-refractivity contribution < 1.29 is 4.79 Å². The maximum Gasteiger partial charge on any atom is 0.222 e. The van der Waals surface area contributed by atoms with Gasteiger partial charge >= 0.3 is 0 Å². The maximum absolute atomic E-state index is 12.7. The van der Waals surface area contributed by atoms with Crippen LogP contribution in [-0.2, 0) is 11.3 Å². The molecule has 156 valence electrons. The Balaban J connectivity index is 1.24. The number of carbonyl (C=O) groups is 1. The van der Waals surface area contributed by atoms with E-state index in [1.54, 1.807) is 4.80 Å². The van der Waals surface area contributed by atoms with Crippen molar-refractivity contribution in [1.82, 2.24) is 25.1 Å². The molecule has 0 saturated carbocycles. The molecule has 2 aromatic carbocycles. The average molecular weight is 405 g/mol. The van der Waals surface area contributed by atoms with E-state index in [-0.39, 0.29) is 5.91 Å². The quantitative estimate of drug-likeness (QED) is 0.631. The third-order valence-corrected chi connectivity index (χ3v) is 5.48. The van der Waals surface area contributed by atoms with Crippen molar-refractivity contribution >= 4 is 11.6 Å². The molecule has 2 heterocycles. The summed E-state index contributed by atoms with van der Waals surface area (Å²) in [6, 6.07) is 18.4. The van der Waals surface area contributed by atoms with Gasteiger partial charge in [0.15, 0.2) is 0 Å². The summed E-state index contributed by atoms with van der Waals surface area (Å²) in [6.45, 7) is 6.14.